The molecule has 4 heteroatoms. The van der Waals surface area contributed by atoms with Crippen molar-refractivity contribution in [2.75, 3.05) is 27.2 Å². The van der Waals surface area contributed by atoms with Crippen LogP contribution in [0.25, 0.3) is 0 Å². The number of hydrogen-bond donors (Lipinski definition) is 0. The maximum Gasteiger partial charge on any atom is 0.233 e. The molecule has 1 aromatic rings. The SMILES string of the molecule is CN1CCC2(CC1)C(=O)N(C)Cc1cnccc12. The lowest BCUT2D eigenvalue weighted by molar-refractivity contribution is -0.140. The van der Waals surface area contributed by atoms with Gasteiger partial charge in [0.2, 0.25) is 5.91 Å². The fourth-order valence-corrected chi connectivity index (χ4v) is 3.31. The second-order valence-corrected chi connectivity index (χ2v) is 5.58. The lowest BCUT2D eigenvalue weighted by Gasteiger charge is -2.45. The van der Waals surface area contributed by atoms with Crippen molar-refractivity contribution in [3.63, 3.8) is 0 Å². The van der Waals surface area contributed by atoms with Gasteiger partial charge in [0.1, 0.15) is 0 Å². The zero-order valence-corrected chi connectivity index (χ0v) is 11.0. The number of pyridine rings is 1. The molecule has 0 saturated carbocycles. The Morgan fingerprint density at radius 3 is 2.72 bits per heavy atom. The Balaban J connectivity index is 2.09. The van der Waals surface area contributed by atoms with E-state index in [2.05, 4.69) is 16.9 Å². The Bertz CT molecular complexity index is 478. The number of likely N-dealkylation sites (tertiary alicyclic amines) is 1. The largest absolute Gasteiger partial charge is 0.341 e. The van der Waals surface area contributed by atoms with E-state index in [1.165, 1.54) is 11.1 Å². The van der Waals surface area contributed by atoms with Crippen LogP contribution in [0, 0.1) is 0 Å². The second-order valence-electron chi connectivity index (χ2n) is 5.58. The normalized spacial score (nSPS) is 23.2. The zero-order chi connectivity index (χ0) is 12.8. The molecule has 0 atom stereocenters. The number of rotatable bonds is 0. The smallest absolute Gasteiger partial charge is 0.233 e. The van der Waals surface area contributed by atoms with Crippen molar-refractivity contribution in [1.29, 1.82) is 0 Å². The predicted molar refractivity (Wildman–Crippen MR) is 69.1 cm³/mol. The van der Waals surface area contributed by atoms with E-state index in [-0.39, 0.29) is 11.3 Å². The van der Waals surface area contributed by atoms with Crippen molar-refractivity contribution >= 4 is 5.91 Å². The van der Waals surface area contributed by atoms with Gasteiger partial charge in [0.15, 0.2) is 0 Å². The van der Waals surface area contributed by atoms with Gasteiger partial charge in [0.05, 0.1) is 5.41 Å². The summed E-state index contributed by atoms with van der Waals surface area (Å²) in [7, 11) is 4.02. The van der Waals surface area contributed by atoms with E-state index in [4.69, 9.17) is 0 Å². The molecule has 0 aromatic carbocycles. The first-order chi connectivity index (χ1) is 8.63. The van der Waals surface area contributed by atoms with Gasteiger partial charge in [0, 0.05) is 26.0 Å². The molecule has 2 aliphatic rings. The van der Waals surface area contributed by atoms with Crippen LogP contribution in [-0.2, 0) is 16.8 Å². The number of piperidine rings is 1. The van der Waals surface area contributed by atoms with Crippen LogP contribution in [0.15, 0.2) is 18.5 Å². The highest BCUT2D eigenvalue weighted by molar-refractivity contribution is 5.90. The summed E-state index contributed by atoms with van der Waals surface area (Å²) in [6.45, 7) is 2.67. The standard InChI is InChI=1S/C14H19N3O/c1-16-7-4-14(5-8-16)12-3-6-15-9-11(12)10-17(2)13(14)18/h3,6,9H,4-5,7-8,10H2,1-2H3. The minimum Gasteiger partial charge on any atom is -0.341 e. The van der Waals surface area contributed by atoms with Crippen LogP contribution in [0.4, 0.5) is 0 Å². The Labute approximate surface area is 108 Å². The van der Waals surface area contributed by atoms with Crippen LogP contribution in [0.1, 0.15) is 24.0 Å². The minimum atomic E-state index is -0.294. The average Bonchev–Trinajstić information content (AvgIpc) is 2.39. The maximum absolute atomic E-state index is 12.7. The van der Waals surface area contributed by atoms with Gasteiger partial charge in [-0.1, -0.05) is 0 Å². The van der Waals surface area contributed by atoms with E-state index < -0.39 is 0 Å². The van der Waals surface area contributed by atoms with E-state index in [0.29, 0.717) is 6.54 Å². The molecule has 18 heavy (non-hydrogen) atoms. The fourth-order valence-electron chi connectivity index (χ4n) is 3.31. The molecule has 1 spiro atoms. The Hall–Kier alpha value is -1.42. The Kier molecular flexibility index (Phi) is 2.63. The second kappa shape index (κ2) is 4.05. The molecular weight excluding hydrogens is 226 g/mol. The summed E-state index contributed by atoms with van der Waals surface area (Å²) in [6.07, 6.45) is 5.57. The molecule has 4 nitrogen and oxygen atoms in total. The molecule has 0 unspecified atom stereocenters. The number of nitrogens with zero attached hydrogens (tertiary/aromatic N) is 3. The third-order valence-electron chi connectivity index (χ3n) is 4.42. The summed E-state index contributed by atoms with van der Waals surface area (Å²) >= 11 is 0. The fraction of sp³-hybridized carbons (Fsp3) is 0.571. The minimum absolute atomic E-state index is 0.286. The lowest BCUT2D eigenvalue weighted by Crippen LogP contribution is -2.54. The molecule has 96 valence electrons. The van der Waals surface area contributed by atoms with Gasteiger partial charge in [-0.3, -0.25) is 9.78 Å². The molecule has 0 N–H and O–H groups in total. The molecule has 1 fully saturated rings. The van der Waals surface area contributed by atoms with Crippen LogP contribution in [0.3, 0.4) is 0 Å². The molecule has 1 aromatic heterocycles. The van der Waals surface area contributed by atoms with E-state index in [9.17, 15) is 4.79 Å². The maximum atomic E-state index is 12.7. The van der Waals surface area contributed by atoms with Crippen molar-refractivity contribution in [2.45, 2.75) is 24.8 Å². The van der Waals surface area contributed by atoms with Crippen LogP contribution in [-0.4, -0.2) is 47.9 Å². The molecule has 1 saturated heterocycles. The van der Waals surface area contributed by atoms with Gasteiger partial charge in [-0.15, -0.1) is 0 Å². The highest BCUT2D eigenvalue weighted by Gasteiger charge is 2.47. The van der Waals surface area contributed by atoms with Gasteiger partial charge < -0.3 is 9.80 Å². The van der Waals surface area contributed by atoms with Gasteiger partial charge in [-0.25, -0.2) is 0 Å². The number of carbonyl (C=O) groups is 1. The quantitative estimate of drug-likeness (QED) is 0.684. The number of likely N-dealkylation sites (N-methyl/N-ethyl adjacent to an activating group) is 1. The highest BCUT2D eigenvalue weighted by Crippen LogP contribution is 2.41. The summed E-state index contributed by atoms with van der Waals surface area (Å²) in [5.41, 5.74) is 2.13. The summed E-state index contributed by atoms with van der Waals surface area (Å²) < 4.78 is 0. The molecule has 3 rings (SSSR count). The number of fused-ring (bicyclic) bond motifs is 2. The van der Waals surface area contributed by atoms with Crippen molar-refractivity contribution in [2.24, 2.45) is 0 Å². The lowest BCUT2D eigenvalue weighted by atomic mass is 9.68. The summed E-state index contributed by atoms with van der Waals surface area (Å²) in [6, 6.07) is 2.05. The van der Waals surface area contributed by atoms with E-state index >= 15 is 0 Å². The molecule has 2 aliphatic heterocycles. The van der Waals surface area contributed by atoms with Crippen molar-refractivity contribution in [1.82, 2.24) is 14.8 Å². The zero-order valence-electron chi connectivity index (χ0n) is 11.0. The van der Waals surface area contributed by atoms with Crippen LogP contribution >= 0.6 is 0 Å². The predicted octanol–water partition coefficient (Wildman–Crippen LogP) is 1.02. The van der Waals surface area contributed by atoms with Crippen LogP contribution in [0.2, 0.25) is 0 Å². The molecule has 0 aliphatic carbocycles. The first-order valence-electron chi connectivity index (χ1n) is 6.51. The van der Waals surface area contributed by atoms with Crippen molar-refractivity contribution in [3.8, 4) is 0 Å². The third kappa shape index (κ3) is 1.56. The summed E-state index contributed by atoms with van der Waals surface area (Å²) in [4.78, 5) is 21.0. The first-order valence-corrected chi connectivity index (χ1v) is 6.51. The van der Waals surface area contributed by atoms with Gasteiger partial charge in [-0.2, -0.15) is 0 Å². The van der Waals surface area contributed by atoms with Gasteiger partial charge >= 0.3 is 0 Å². The van der Waals surface area contributed by atoms with Crippen LogP contribution in [0.5, 0.6) is 0 Å². The highest BCUT2D eigenvalue weighted by atomic mass is 16.2. The van der Waals surface area contributed by atoms with Crippen molar-refractivity contribution in [3.05, 3.63) is 29.6 Å². The summed E-state index contributed by atoms with van der Waals surface area (Å²) in [5, 5.41) is 0. The summed E-state index contributed by atoms with van der Waals surface area (Å²) in [5.74, 6) is 0.286. The number of carbonyl (C=O) groups excluding carboxylic acids is 1. The monoisotopic (exact) mass is 245 g/mol. The molecule has 0 radical (unpaired) electrons. The van der Waals surface area contributed by atoms with Gasteiger partial charge in [0.25, 0.3) is 0 Å². The number of aromatic nitrogens is 1. The molecular formula is C14H19N3O. The van der Waals surface area contributed by atoms with Gasteiger partial charge in [-0.05, 0) is 50.2 Å². The Morgan fingerprint density at radius 1 is 1.28 bits per heavy atom. The number of hydrogen-bond acceptors (Lipinski definition) is 3. The van der Waals surface area contributed by atoms with Crippen LogP contribution < -0.4 is 0 Å². The van der Waals surface area contributed by atoms with E-state index in [1.54, 1.807) is 0 Å². The van der Waals surface area contributed by atoms with E-state index in [0.717, 1.165) is 25.9 Å². The topological polar surface area (TPSA) is 36.4 Å². The van der Waals surface area contributed by atoms with E-state index in [1.807, 2.05) is 30.4 Å². The first kappa shape index (κ1) is 11.7. The molecule has 1 amide bonds. The Morgan fingerprint density at radius 2 is 2.00 bits per heavy atom. The molecule has 0 bridgehead atoms. The van der Waals surface area contributed by atoms with Crippen molar-refractivity contribution < 1.29 is 4.79 Å². The number of amides is 1. The third-order valence-corrected chi connectivity index (χ3v) is 4.42. The average molecular weight is 245 g/mol. The molecule has 3 heterocycles.